The third-order valence-electron chi connectivity index (χ3n) is 3.43. The van der Waals surface area contributed by atoms with Crippen molar-refractivity contribution in [2.45, 2.75) is 32.4 Å². The molecule has 21 heavy (non-hydrogen) atoms. The molecule has 2 rings (SSSR count). The van der Waals surface area contributed by atoms with Gasteiger partial charge < -0.3 is 10.1 Å². The van der Waals surface area contributed by atoms with Crippen molar-refractivity contribution in [3.05, 3.63) is 71.8 Å². The minimum Gasteiger partial charge on any atom is -0.377 e. The van der Waals surface area contributed by atoms with Crippen molar-refractivity contribution in [1.82, 2.24) is 5.32 Å². The molecule has 112 valence electrons. The van der Waals surface area contributed by atoms with Crippen molar-refractivity contribution >= 4 is 0 Å². The molecule has 0 spiro atoms. The molecule has 1 N–H and O–H groups in total. The molecule has 0 aliphatic carbocycles. The number of ether oxygens (including phenoxy) is 1. The topological polar surface area (TPSA) is 21.3 Å². The Labute approximate surface area is 128 Å². The summed E-state index contributed by atoms with van der Waals surface area (Å²) in [5.74, 6) is 0. The summed E-state index contributed by atoms with van der Waals surface area (Å²) in [4.78, 5) is 0. The quantitative estimate of drug-likeness (QED) is 0.740. The van der Waals surface area contributed by atoms with Crippen molar-refractivity contribution in [2.75, 3.05) is 13.2 Å². The molecule has 1 atom stereocenters. The molecule has 0 radical (unpaired) electrons. The lowest BCUT2D eigenvalue weighted by molar-refractivity contribution is 0.0793. The molecule has 0 bridgehead atoms. The van der Waals surface area contributed by atoms with E-state index in [0.29, 0.717) is 6.04 Å². The van der Waals surface area contributed by atoms with Gasteiger partial charge in [0.15, 0.2) is 0 Å². The van der Waals surface area contributed by atoms with Gasteiger partial charge in [0, 0.05) is 12.6 Å². The van der Waals surface area contributed by atoms with Gasteiger partial charge >= 0.3 is 0 Å². The Hall–Kier alpha value is -1.64. The number of nitrogens with one attached hydrogen (secondary N) is 1. The first-order chi connectivity index (χ1) is 10.3. The van der Waals surface area contributed by atoms with Crippen LogP contribution in [-0.2, 0) is 11.2 Å². The van der Waals surface area contributed by atoms with E-state index in [1.165, 1.54) is 11.1 Å². The standard InChI is InChI=1S/C19H25NO/c1-16(2)21-14-13-20-19(18-11-7-4-8-12-18)15-17-9-5-3-6-10-17/h3-12,16,19-20H,13-15H2,1-2H3. The van der Waals surface area contributed by atoms with E-state index in [9.17, 15) is 0 Å². The van der Waals surface area contributed by atoms with Crippen LogP contribution in [0.1, 0.15) is 31.0 Å². The van der Waals surface area contributed by atoms with E-state index in [4.69, 9.17) is 4.74 Å². The maximum atomic E-state index is 5.62. The third kappa shape index (κ3) is 5.70. The molecule has 0 saturated carbocycles. The molecule has 0 aromatic heterocycles. The predicted molar refractivity (Wildman–Crippen MR) is 88.4 cm³/mol. The second-order valence-electron chi connectivity index (χ2n) is 5.53. The summed E-state index contributed by atoms with van der Waals surface area (Å²) >= 11 is 0. The molecule has 2 heteroatoms. The van der Waals surface area contributed by atoms with Crippen LogP contribution in [-0.4, -0.2) is 19.3 Å². The Kier molecular flexibility index (Phi) is 6.45. The molecule has 0 aliphatic heterocycles. The van der Waals surface area contributed by atoms with Crippen LogP contribution in [0.2, 0.25) is 0 Å². The Morgan fingerprint density at radius 1 is 0.905 bits per heavy atom. The van der Waals surface area contributed by atoms with Gasteiger partial charge in [-0.2, -0.15) is 0 Å². The van der Waals surface area contributed by atoms with Crippen molar-refractivity contribution in [3.63, 3.8) is 0 Å². The monoisotopic (exact) mass is 283 g/mol. The Balaban J connectivity index is 1.97. The smallest absolute Gasteiger partial charge is 0.0594 e. The van der Waals surface area contributed by atoms with E-state index < -0.39 is 0 Å². The first kappa shape index (κ1) is 15.7. The van der Waals surface area contributed by atoms with Gasteiger partial charge in [0.25, 0.3) is 0 Å². The average molecular weight is 283 g/mol. The third-order valence-corrected chi connectivity index (χ3v) is 3.43. The molecular formula is C19H25NO. The SMILES string of the molecule is CC(C)OCCNC(Cc1ccccc1)c1ccccc1. The second-order valence-corrected chi connectivity index (χ2v) is 5.53. The highest BCUT2D eigenvalue weighted by Gasteiger charge is 2.11. The zero-order valence-corrected chi connectivity index (χ0v) is 13.0. The maximum Gasteiger partial charge on any atom is 0.0594 e. The lowest BCUT2D eigenvalue weighted by Crippen LogP contribution is -2.27. The van der Waals surface area contributed by atoms with E-state index in [-0.39, 0.29) is 6.10 Å². The fraction of sp³-hybridized carbons (Fsp3) is 0.368. The predicted octanol–water partition coefficient (Wildman–Crippen LogP) is 3.99. The summed E-state index contributed by atoms with van der Waals surface area (Å²) < 4.78 is 5.62. The normalized spacial score (nSPS) is 12.5. The molecule has 2 aromatic rings. The summed E-state index contributed by atoms with van der Waals surface area (Å²) in [7, 11) is 0. The molecule has 0 heterocycles. The van der Waals surface area contributed by atoms with Crippen LogP contribution in [0.4, 0.5) is 0 Å². The van der Waals surface area contributed by atoms with Gasteiger partial charge in [0.1, 0.15) is 0 Å². The molecule has 0 saturated heterocycles. The van der Waals surface area contributed by atoms with Gasteiger partial charge in [-0.25, -0.2) is 0 Å². The highest BCUT2D eigenvalue weighted by atomic mass is 16.5. The van der Waals surface area contributed by atoms with E-state index >= 15 is 0 Å². The number of hydrogen-bond donors (Lipinski definition) is 1. The van der Waals surface area contributed by atoms with Crippen molar-refractivity contribution < 1.29 is 4.74 Å². The molecule has 0 aliphatic rings. The summed E-state index contributed by atoms with van der Waals surface area (Å²) in [6.45, 7) is 5.75. The van der Waals surface area contributed by atoms with Crippen molar-refractivity contribution in [1.29, 1.82) is 0 Å². The Morgan fingerprint density at radius 2 is 1.52 bits per heavy atom. The molecule has 2 nitrogen and oxygen atoms in total. The van der Waals surface area contributed by atoms with Gasteiger partial charge in [-0.1, -0.05) is 60.7 Å². The Morgan fingerprint density at radius 3 is 2.14 bits per heavy atom. The van der Waals surface area contributed by atoms with Crippen LogP contribution in [0, 0.1) is 0 Å². The van der Waals surface area contributed by atoms with E-state index in [2.05, 4.69) is 79.8 Å². The molecule has 0 fully saturated rings. The lowest BCUT2D eigenvalue weighted by atomic mass is 9.99. The highest BCUT2D eigenvalue weighted by Crippen LogP contribution is 2.18. The Bertz CT molecular complexity index is 495. The van der Waals surface area contributed by atoms with Gasteiger partial charge in [-0.05, 0) is 31.4 Å². The van der Waals surface area contributed by atoms with Crippen LogP contribution in [0.5, 0.6) is 0 Å². The molecule has 0 amide bonds. The largest absolute Gasteiger partial charge is 0.377 e. The summed E-state index contributed by atoms with van der Waals surface area (Å²) in [6, 6.07) is 21.6. The molecular weight excluding hydrogens is 258 g/mol. The van der Waals surface area contributed by atoms with Crippen LogP contribution >= 0.6 is 0 Å². The zero-order valence-electron chi connectivity index (χ0n) is 13.0. The zero-order chi connectivity index (χ0) is 14.9. The fourth-order valence-corrected chi connectivity index (χ4v) is 2.37. The number of hydrogen-bond acceptors (Lipinski definition) is 2. The van der Waals surface area contributed by atoms with Crippen molar-refractivity contribution in [3.8, 4) is 0 Å². The highest BCUT2D eigenvalue weighted by molar-refractivity contribution is 5.23. The minimum atomic E-state index is 0.288. The first-order valence-electron chi connectivity index (χ1n) is 7.69. The number of rotatable bonds is 8. The van der Waals surface area contributed by atoms with Crippen molar-refractivity contribution in [2.24, 2.45) is 0 Å². The van der Waals surface area contributed by atoms with Gasteiger partial charge in [0.2, 0.25) is 0 Å². The van der Waals surface area contributed by atoms with E-state index in [0.717, 1.165) is 19.6 Å². The number of benzene rings is 2. The van der Waals surface area contributed by atoms with Crippen LogP contribution in [0.25, 0.3) is 0 Å². The van der Waals surface area contributed by atoms with Gasteiger partial charge in [-0.3, -0.25) is 0 Å². The van der Waals surface area contributed by atoms with Gasteiger partial charge in [0.05, 0.1) is 12.7 Å². The summed E-state index contributed by atoms with van der Waals surface area (Å²) in [6.07, 6.45) is 1.28. The molecule has 2 aromatic carbocycles. The van der Waals surface area contributed by atoms with E-state index in [1.54, 1.807) is 0 Å². The fourth-order valence-electron chi connectivity index (χ4n) is 2.37. The maximum absolute atomic E-state index is 5.62. The van der Waals surface area contributed by atoms with Crippen LogP contribution < -0.4 is 5.32 Å². The van der Waals surface area contributed by atoms with Crippen LogP contribution in [0.3, 0.4) is 0 Å². The molecule has 1 unspecified atom stereocenters. The summed E-state index contributed by atoms with van der Waals surface area (Å²) in [5.41, 5.74) is 2.68. The second kappa shape index (κ2) is 8.60. The van der Waals surface area contributed by atoms with Crippen LogP contribution in [0.15, 0.2) is 60.7 Å². The lowest BCUT2D eigenvalue weighted by Gasteiger charge is -2.20. The minimum absolute atomic E-state index is 0.288. The van der Waals surface area contributed by atoms with E-state index in [1.807, 2.05) is 0 Å². The van der Waals surface area contributed by atoms with Gasteiger partial charge in [-0.15, -0.1) is 0 Å². The summed E-state index contributed by atoms with van der Waals surface area (Å²) in [5, 5.41) is 3.61. The average Bonchev–Trinajstić information content (AvgIpc) is 2.52. The first-order valence-corrected chi connectivity index (χ1v) is 7.69.